The molecule has 2 aliphatic rings. The van der Waals surface area contributed by atoms with Crippen molar-refractivity contribution in [1.29, 1.82) is 0 Å². The van der Waals surface area contributed by atoms with Gasteiger partial charge in [-0.15, -0.1) is 0 Å². The van der Waals surface area contributed by atoms with E-state index in [9.17, 15) is 0 Å². The number of nitrogens with zero attached hydrogens (tertiary/aromatic N) is 3. The van der Waals surface area contributed by atoms with Crippen molar-refractivity contribution in [3.8, 4) is 11.5 Å². The number of rotatable bonds is 5. The fourth-order valence-corrected chi connectivity index (χ4v) is 2.99. The standard InChI is InChI=1S/C15H24N4O2/c1-20-14-3-4-17-13(15(14)21-2)11-18-5-7-19(8-6-18)12-9-16-10-12/h3-4,12,16H,5-11H2,1-2H3. The lowest BCUT2D eigenvalue weighted by atomic mass is 10.1. The Hall–Kier alpha value is -1.37. The highest BCUT2D eigenvalue weighted by molar-refractivity contribution is 5.42. The van der Waals surface area contributed by atoms with Gasteiger partial charge >= 0.3 is 0 Å². The summed E-state index contributed by atoms with van der Waals surface area (Å²) in [5.41, 5.74) is 0.954. The summed E-state index contributed by atoms with van der Waals surface area (Å²) in [4.78, 5) is 9.49. The second kappa shape index (κ2) is 6.60. The molecule has 3 rings (SSSR count). The van der Waals surface area contributed by atoms with Gasteiger partial charge in [-0.25, -0.2) is 0 Å². The van der Waals surface area contributed by atoms with Crippen LogP contribution in [0.15, 0.2) is 12.3 Å². The maximum atomic E-state index is 5.46. The topological polar surface area (TPSA) is 49.9 Å². The van der Waals surface area contributed by atoms with E-state index in [2.05, 4.69) is 20.1 Å². The van der Waals surface area contributed by atoms with Gasteiger partial charge in [-0.05, 0) is 0 Å². The summed E-state index contributed by atoms with van der Waals surface area (Å²) in [7, 11) is 3.33. The molecule has 2 aliphatic heterocycles. The smallest absolute Gasteiger partial charge is 0.183 e. The van der Waals surface area contributed by atoms with Crippen LogP contribution in [-0.2, 0) is 6.54 Å². The summed E-state index contributed by atoms with van der Waals surface area (Å²) in [6.45, 7) is 7.54. The molecule has 0 unspecified atom stereocenters. The molecule has 0 amide bonds. The number of pyridine rings is 1. The Morgan fingerprint density at radius 2 is 1.95 bits per heavy atom. The van der Waals surface area contributed by atoms with Crippen LogP contribution in [0, 0.1) is 0 Å². The molecule has 0 bridgehead atoms. The molecule has 2 fully saturated rings. The first-order valence-corrected chi connectivity index (χ1v) is 7.55. The van der Waals surface area contributed by atoms with Crippen LogP contribution in [0.5, 0.6) is 11.5 Å². The number of ether oxygens (including phenoxy) is 2. The summed E-state index contributed by atoms with van der Waals surface area (Å²) < 4.78 is 10.8. The van der Waals surface area contributed by atoms with E-state index in [4.69, 9.17) is 9.47 Å². The first-order chi connectivity index (χ1) is 10.3. The molecule has 0 atom stereocenters. The summed E-state index contributed by atoms with van der Waals surface area (Å²) in [6.07, 6.45) is 1.78. The van der Waals surface area contributed by atoms with Gasteiger partial charge in [0.05, 0.1) is 14.2 Å². The summed E-state index contributed by atoms with van der Waals surface area (Å²) >= 11 is 0. The number of methoxy groups -OCH3 is 2. The zero-order valence-electron chi connectivity index (χ0n) is 12.8. The van der Waals surface area contributed by atoms with Crippen LogP contribution in [0.2, 0.25) is 0 Å². The first kappa shape index (κ1) is 14.6. The molecule has 2 saturated heterocycles. The van der Waals surface area contributed by atoms with E-state index in [0.29, 0.717) is 0 Å². The van der Waals surface area contributed by atoms with Gasteiger partial charge in [0.15, 0.2) is 11.5 Å². The third-order valence-electron chi connectivity index (χ3n) is 4.42. The maximum absolute atomic E-state index is 5.46. The molecule has 6 heteroatoms. The van der Waals surface area contributed by atoms with Crippen LogP contribution in [0.3, 0.4) is 0 Å². The van der Waals surface area contributed by atoms with Crippen LogP contribution in [0.25, 0.3) is 0 Å². The Balaban J connectivity index is 1.60. The van der Waals surface area contributed by atoms with Crippen LogP contribution in [0.4, 0.5) is 0 Å². The summed E-state index contributed by atoms with van der Waals surface area (Å²) in [5, 5.41) is 3.34. The Morgan fingerprint density at radius 3 is 2.52 bits per heavy atom. The SMILES string of the molecule is COc1ccnc(CN2CCN(C3CNC3)CC2)c1OC. The zero-order chi connectivity index (χ0) is 14.7. The number of nitrogens with one attached hydrogen (secondary N) is 1. The van der Waals surface area contributed by atoms with Crippen LogP contribution < -0.4 is 14.8 Å². The molecular weight excluding hydrogens is 268 g/mol. The molecule has 1 aromatic rings. The minimum Gasteiger partial charge on any atom is -0.493 e. The molecule has 6 nitrogen and oxygen atoms in total. The number of piperazine rings is 1. The van der Waals surface area contributed by atoms with Gasteiger partial charge in [0.1, 0.15) is 5.69 Å². The van der Waals surface area contributed by atoms with E-state index in [1.165, 1.54) is 0 Å². The maximum Gasteiger partial charge on any atom is 0.183 e. The molecular formula is C15H24N4O2. The van der Waals surface area contributed by atoms with Crippen molar-refractivity contribution in [3.63, 3.8) is 0 Å². The monoisotopic (exact) mass is 292 g/mol. The fourth-order valence-electron chi connectivity index (χ4n) is 2.99. The normalized spacial score (nSPS) is 21.0. The highest BCUT2D eigenvalue weighted by Gasteiger charge is 2.28. The van der Waals surface area contributed by atoms with E-state index in [1.54, 1.807) is 20.4 Å². The van der Waals surface area contributed by atoms with Gasteiger partial charge in [-0.2, -0.15) is 0 Å². The Morgan fingerprint density at radius 1 is 1.19 bits per heavy atom. The van der Waals surface area contributed by atoms with Gasteiger partial charge in [0.2, 0.25) is 0 Å². The third kappa shape index (κ3) is 3.12. The van der Waals surface area contributed by atoms with Gasteiger partial charge in [-0.3, -0.25) is 14.8 Å². The van der Waals surface area contributed by atoms with E-state index >= 15 is 0 Å². The molecule has 0 saturated carbocycles. The molecule has 3 heterocycles. The summed E-state index contributed by atoms with van der Waals surface area (Å²) in [6, 6.07) is 2.58. The number of aromatic nitrogens is 1. The third-order valence-corrected chi connectivity index (χ3v) is 4.42. The molecule has 0 aromatic carbocycles. The molecule has 0 aliphatic carbocycles. The second-order valence-electron chi connectivity index (χ2n) is 5.62. The fraction of sp³-hybridized carbons (Fsp3) is 0.667. The Kier molecular flexibility index (Phi) is 4.57. The van der Waals surface area contributed by atoms with Gasteiger partial charge in [0.25, 0.3) is 0 Å². The van der Waals surface area contributed by atoms with Crippen LogP contribution in [-0.4, -0.2) is 74.3 Å². The van der Waals surface area contributed by atoms with Crippen LogP contribution >= 0.6 is 0 Å². The molecule has 1 N–H and O–H groups in total. The van der Waals surface area contributed by atoms with Crippen molar-refractivity contribution < 1.29 is 9.47 Å². The lowest BCUT2D eigenvalue weighted by molar-refractivity contribution is 0.0686. The lowest BCUT2D eigenvalue weighted by Crippen LogP contribution is -2.61. The average Bonchev–Trinajstić information content (AvgIpc) is 2.47. The molecule has 116 valence electrons. The molecule has 0 spiro atoms. The molecule has 1 aromatic heterocycles. The minimum absolute atomic E-state index is 0.747. The molecule has 21 heavy (non-hydrogen) atoms. The highest BCUT2D eigenvalue weighted by atomic mass is 16.5. The number of hydrogen-bond donors (Lipinski definition) is 1. The van der Waals surface area contributed by atoms with Gasteiger partial charge in [-0.1, -0.05) is 0 Å². The van der Waals surface area contributed by atoms with Gasteiger partial charge in [0, 0.05) is 64.1 Å². The van der Waals surface area contributed by atoms with Crippen molar-refractivity contribution in [2.45, 2.75) is 12.6 Å². The summed E-state index contributed by atoms with van der Waals surface area (Å²) in [5.74, 6) is 1.51. The van der Waals surface area contributed by atoms with Crippen molar-refractivity contribution in [1.82, 2.24) is 20.1 Å². The average molecular weight is 292 g/mol. The van der Waals surface area contributed by atoms with E-state index in [-0.39, 0.29) is 0 Å². The highest BCUT2D eigenvalue weighted by Crippen LogP contribution is 2.30. The molecule has 0 radical (unpaired) electrons. The van der Waals surface area contributed by atoms with Crippen LogP contribution in [0.1, 0.15) is 5.69 Å². The largest absolute Gasteiger partial charge is 0.493 e. The van der Waals surface area contributed by atoms with Crippen molar-refractivity contribution >= 4 is 0 Å². The minimum atomic E-state index is 0.747. The first-order valence-electron chi connectivity index (χ1n) is 7.55. The van der Waals surface area contributed by atoms with E-state index < -0.39 is 0 Å². The Labute approximate surface area is 126 Å². The van der Waals surface area contributed by atoms with Gasteiger partial charge < -0.3 is 14.8 Å². The van der Waals surface area contributed by atoms with Crippen molar-refractivity contribution in [3.05, 3.63) is 18.0 Å². The quantitative estimate of drug-likeness (QED) is 0.836. The van der Waals surface area contributed by atoms with E-state index in [1.807, 2.05) is 6.07 Å². The van der Waals surface area contributed by atoms with Crippen molar-refractivity contribution in [2.75, 3.05) is 53.5 Å². The predicted octanol–water partition coefficient (Wildman–Crippen LogP) is 0.188. The van der Waals surface area contributed by atoms with Crippen molar-refractivity contribution in [2.24, 2.45) is 0 Å². The lowest BCUT2D eigenvalue weighted by Gasteiger charge is -2.43. The Bertz CT molecular complexity index is 471. The second-order valence-corrected chi connectivity index (χ2v) is 5.62. The zero-order valence-corrected chi connectivity index (χ0v) is 12.8. The van der Waals surface area contributed by atoms with E-state index in [0.717, 1.165) is 69.0 Å². The number of hydrogen-bond acceptors (Lipinski definition) is 6. The predicted molar refractivity (Wildman–Crippen MR) is 80.8 cm³/mol.